The van der Waals surface area contributed by atoms with E-state index in [-0.39, 0.29) is 9.77 Å². The van der Waals surface area contributed by atoms with E-state index in [1.54, 1.807) is 19.2 Å². The normalized spacial score (nSPS) is 12.1. The van der Waals surface area contributed by atoms with Crippen molar-refractivity contribution in [2.24, 2.45) is 7.05 Å². The van der Waals surface area contributed by atoms with E-state index in [9.17, 15) is 13.2 Å². The van der Waals surface area contributed by atoms with Crippen molar-refractivity contribution in [3.05, 3.63) is 27.9 Å². The third-order valence-electron chi connectivity index (χ3n) is 2.90. The minimum absolute atomic E-state index is 0.0940. The minimum Gasteiger partial charge on any atom is -0.302 e. The maximum Gasteiger partial charge on any atom is 0.307 e. The van der Waals surface area contributed by atoms with E-state index in [0.717, 1.165) is 29.7 Å². The van der Waals surface area contributed by atoms with Crippen LogP contribution in [-0.4, -0.2) is 19.5 Å². The van der Waals surface area contributed by atoms with Crippen LogP contribution in [0.15, 0.2) is 27.9 Å². The standard InChI is InChI=1S/C12H16N2O3S2/c1-3-4-7-13-19(16,17)9-5-6-10-11(8-9)18-12(15)14(10)2/h5-6,8,13H,3-4,7H2,1-2H3. The Balaban J connectivity index is 2.38. The van der Waals surface area contributed by atoms with Crippen LogP contribution in [0.4, 0.5) is 0 Å². The van der Waals surface area contributed by atoms with Crippen molar-refractivity contribution >= 4 is 31.6 Å². The van der Waals surface area contributed by atoms with Gasteiger partial charge in [0.05, 0.1) is 15.1 Å². The SMILES string of the molecule is CCCCNS(=O)(=O)c1ccc2c(c1)sc(=O)n2C. The summed E-state index contributed by atoms with van der Waals surface area (Å²) in [6.45, 7) is 2.43. The highest BCUT2D eigenvalue weighted by Gasteiger charge is 2.15. The van der Waals surface area contributed by atoms with Crippen molar-refractivity contribution in [3.8, 4) is 0 Å². The first-order valence-corrected chi connectivity index (χ1v) is 8.35. The predicted molar refractivity (Wildman–Crippen MR) is 77.2 cm³/mol. The molecule has 1 heterocycles. The zero-order valence-electron chi connectivity index (χ0n) is 10.8. The second-order valence-electron chi connectivity index (χ2n) is 4.31. The van der Waals surface area contributed by atoms with Crippen LogP contribution in [0.1, 0.15) is 19.8 Å². The fourth-order valence-electron chi connectivity index (χ4n) is 1.75. The predicted octanol–water partition coefficient (Wildman–Crippen LogP) is 1.68. The third-order valence-corrected chi connectivity index (χ3v) is 5.35. The van der Waals surface area contributed by atoms with Crippen LogP contribution in [0.3, 0.4) is 0 Å². The topological polar surface area (TPSA) is 68.2 Å². The average molecular weight is 300 g/mol. The summed E-state index contributed by atoms with van der Waals surface area (Å²) in [5, 5.41) is 0. The van der Waals surface area contributed by atoms with Crippen LogP contribution in [0.2, 0.25) is 0 Å². The number of aryl methyl sites for hydroxylation is 1. The van der Waals surface area contributed by atoms with Crippen molar-refractivity contribution in [2.45, 2.75) is 24.7 Å². The van der Waals surface area contributed by atoms with E-state index in [4.69, 9.17) is 0 Å². The zero-order valence-corrected chi connectivity index (χ0v) is 12.5. The van der Waals surface area contributed by atoms with Gasteiger partial charge in [0.25, 0.3) is 0 Å². The molecule has 0 atom stereocenters. The lowest BCUT2D eigenvalue weighted by molar-refractivity contribution is 0.578. The lowest BCUT2D eigenvalue weighted by Crippen LogP contribution is -2.24. The first-order valence-electron chi connectivity index (χ1n) is 6.05. The van der Waals surface area contributed by atoms with Gasteiger partial charge in [-0.3, -0.25) is 4.79 Å². The molecule has 19 heavy (non-hydrogen) atoms. The summed E-state index contributed by atoms with van der Waals surface area (Å²) >= 11 is 1.05. The average Bonchev–Trinajstić information content (AvgIpc) is 2.65. The third kappa shape index (κ3) is 2.88. The number of thiazole rings is 1. The van der Waals surface area contributed by atoms with Gasteiger partial charge in [-0.2, -0.15) is 0 Å². The molecule has 1 N–H and O–H groups in total. The summed E-state index contributed by atoms with van der Waals surface area (Å²) in [5.41, 5.74) is 0.752. The Labute approximate surface area is 115 Å². The molecule has 0 unspecified atom stereocenters. The molecular weight excluding hydrogens is 284 g/mol. The molecule has 0 spiro atoms. The maximum absolute atomic E-state index is 12.1. The molecule has 1 aromatic heterocycles. The summed E-state index contributed by atoms with van der Waals surface area (Å²) in [6.07, 6.45) is 1.74. The van der Waals surface area contributed by atoms with Gasteiger partial charge < -0.3 is 4.57 Å². The molecule has 5 nitrogen and oxygen atoms in total. The Morgan fingerprint density at radius 2 is 2.11 bits per heavy atom. The smallest absolute Gasteiger partial charge is 0.302 e. The van der Waals surface area contributed by atoms with Crippen molar-refractivity contribution in [3.63, 3.8) is 0 Å². The van der Waals surface area contributed by atoms with Gasteiger partial charge in [-0.1, -0.05) is 24.7 Å². The van der Waals surface area contributed by atoms with Gasteiger partial charge in [-0.05, 0) is 24.6 Å². The Morgan fingerprint density at radius 1 is 1.37 bits per heavy atom. The number of sulfonamides is 1. The summed E-state index contributed by atoms with van der Waals surface area (Å²) in [5.74, 6) is 0. The maximum atomic E-state index is 12.1. The molecule has 0 radical (unpaired) electrons. The number of aromatic nitrogens is 1. The lowest BCUT2D eigenvalue weighted by Gasteiger charge is -2.06. The lowest BCUT2D eigenvalue weighted by atomic mass is 10.3. The molecule has 1 aromatic carbocycles. The van der Waals surface area contributed by atoms with E-state index in [1.165, 1.54) is 10.6 Å². The number of nitrogens with one attached hydrogen (secondary N) is 1. The van der Waals surface area contributed by atoms with Crippen molar-refractivity contribution < 1.29 is 8.42 Å². The number of fused-ring (bicyclic) bond motifs is 1. The van der Waals surface area contributed by atoms with Crippen LogP contribution in [0.5, 0.6) is 0 Å². The van der Waals surface area contributed by atoms with E-state index in [0.29, 0.717) is 11.2 Å². The Bertz CT molecular complexity index is 744. The van der Waals surface area contributed by atoms with Crippen LogP contribution in [0.25, 0.3) is 10.2 Å². The molecule has 0 aliphatic carbocycles. The monoisotopic (exact) mass is 300 g/mol. The molecule has 0 saturated carbocycles. The summed E-state index contributed by atoms with van der Waals surface area (Å²) in [7, 11) is -1.81. The fourth-order valence-corrected chi connectivity index (χ4v) is 3.84. The number of hydrogen-bond donors (Lipinski definition) is 1. The molecule has 0 saturated heterocycles. The summed E-state index contributed by atoms with van der Waals surface area (Å²) in [4.78, 5) is 11.6. The molecule has 104 valence electrons. The Kier molecular flexibility index (Phi) is 4.07. The highest BCUT2D eigenvalue weighted by atomic mass is 32.2. The highest BCUT2D eigenvalue weighted by molar-refractivity contribution is 7.89. The van der Waals surface area contributed by atoms with Gasteiger partial charge in [0.1, 0.15) is 0 Å². The number of nitrogens with zero attached hydrogens (tertiary/aromatic N) is 1. The van der Waals surface area contributed by atoms with Crippen LogP contribution in [0, 0.1) is 0 Å². The minimum atomic E-state index is -3.48. The first-order chi connectivity index (χ1) is 8.95. The van der Waals surface area contributed by atoms with Crippen LogP contribution < -0.4 is 9.60 Å². The largest absolute Gasteiger partial charge is 0.307 e. The molecule has 2 rings (SSSR count). The summed E-state index contributed by atoms with van der Waals surface area (Å²) < 4.78 is 28.9. The second-order valence-corrected chi connectivity index (χ2v) is 7.07. The molecule has 0 fully saturated rings. The number of benzene rings is 1. The Morgan fingerprint density at radius 3 is 2.79 bits per heavy atom. The fraction of sp³-hybridized carbons (Fsp3) is 0.417. The quantitative estimate of drug-likeness (QED) is 0.854. The van der Waals surface area contributed by atoms with E-state index < -0.39 is 10.0 Å². The van der Waals surface area contributed by atoms with Crippen LogP contribution in [-0.2, 0) is 17.1 Å². The van der Waals surface area contributed by atoms with Crippen molar-refractivity contribution in [2.75, 3.05) is 6.54 Å². The van der Waals surface area contributed by atoms with Crippen molar-refractivity contribution in [1.82, 2.24) is 9.29 Å². The van der Waals surface area contributed by atoms with Gasteiger partial charge in [-0.25, -0.2) is 13.1 Å². The molecule has 0 aliphatic rings. The van der Waals surface area contributed by atoms with Gasteiger partial charge >= 0.3 is 4.87 Å². The molecule has 0 aliphatic heterocycles. The highest BCUT2D eigenvalue weighted by Crippen LogP contribution is 2.20. The number of rotatable bonds is 5. The zero-order chi connectivity index (χ0) is 14.0. The second kappa shape index (κ2) is 5.44. The van der Waals surface area contributed by atoms with Crippen molar-refractivity contribution in [1.29, 1.82) is 0 Å². The Hall–Kier alpha value is -1.18. The van der Waals surface area contributed by atoms with Gasteiger partial charge in [0, 0.05) is 13.6 Å². The van der Waals surface area contributed by atoms with Gasteiger partial charge in [0.2, 0.25) is 10.0 Å². The van der Waals surface area contributed by atoms with E-state index >= 15 is 0 Å². The molecule has 0 bridgehead atoms. The molecular formula is C12H16N2O3S2. The summed E-state index contributed by atoms with van der Waals surface area (Å²) in [6, 6.07) is 4.75. The van der Waals surface area contributed by atoms with Gasteiger partial charge in [0.15, 0.2) is 0 Å². The van der Waals surface area contributed by atoms with Gasteiger partial charge in [-0.15, -0.1) is 0 Å². The van der Waals surface area contributed by atoms with Crippen LogP contribution >= 0.6 is 11.3 Å². The van der Waals surface area contributed by atoms with E-state index in [1.807, 2.05) is 6.92 Å². The number of hydrogen-bond acceptors (Lipinski definition) is 4. The van der Waals surface area contributed by atoms with E-state index in [2.05, 4.69) is 4.72 Å². The first kappa shape index (κ1) is 14.2. The molecule has 7 heteroatoms. The molecule has 2 aromatic rings. The number of unbranched alkanes of at least 4 members (excludes halogenated alkanes) is 1. The molecule has 0 amide bonds.